The number of hydrogen-bond donors (Lipinski definition) is 1. The van der Waals surface area contributed by atoms with E-state index >= 15 is 0 Å². The normalized spacial score (nSPS) is 17.7. The lowest BCUT2D eigenvalue weighted by atomic mass is 9.97. The Labute approximate surface area is 222 Å². The number of pyridine rings is 1. The molecular formula is C30H33N3O5. The zero-order valence-corrected chi connectivity index (χ0v) is 21.6. The van der Waals surface area contributed by atoms with Gasteiger partial charge < -0.3 is 19.5 Å². The van der Waals surface area contributed by atoms with E-state index in [2.05, 4.69) is 27.3 Å². The van der Waals surface area contributed by atoms with E-state index in [9.17, 15) is 9.59 Å². The van der Waals surface area contributed by atoms with Gasteiger partial charge in [0.05, 0.1) is 31.0 Å². The number of fused-ring (bicyclic) bond motifs is 1. The van der Waals surface area contributed by atoms with Crippen LogP contribution in [0.5, 0.6) is 17.4 Å². The van der Waals surface area contributed by atoms with Crippen LogP contribution < -0.4 is 14.8 Å². The Kier molecular flexibility index (Phi) is 8.19. The molecular weight excluding hydrogens is 482 g/mol. The van der Waals surface area contributed by atoms with Gasteiger partial charge in [-0.25, -0.2) is 4.98 Å². The molecule has 5 rings (SSSR count). The number of piperidine rings is 1. The molecule has 8 heteroatoms. The molecule has 2 aromatic carbocycles. The Balaban J connectivity index is 1.10. The second kappa shape index (κ2) is 12.1. The van der Waals surface area contributed by atoms with E-state index in [0.717, 1.165) is 24.2 Å². The van der Waals surface area contributed by atoms with Gasteiger partial charge in [0.25, 0.3) is 0 Å². The molecule has 198 valence electrons. The minimum Gasteiger partial charge on any atom is -0.485 e. The number of hydrogen-bond acceptors (Lipinski definition) is 7. The molecule has 8 nitrogen and oxygen atoms in total. The molecule has 0 aliphatic carbocycles. The van der Waals surface area contributed by atoms with Crippen LogP contribution in [0.25, 0.3) is 0 Å². The number of esters is 1. The van der Waals surface area contributed by atoms with E-state index in [0.29, 0.717) is 49.9 Å². The summed E-state index contributed by atoms with van der Waals surface area (Å²) in [6, 6.07) is 19.6. The Morgan fingerprint density at radius 1 is 1.05 bits per heavy atom. The van der Waals surface area contributed by atoms with Crippen LogP contribution in [0.4, 0.5) is 5.69 Å². The first-order chi connectivity index (χ1) is 18.6. The summed E-state index contributed by atoms with van der Waals surface area (Å²) in [5, 5.41) is 2.89. The predicted molar refractivity (Wildman–Crippen MR) is 143 cm³/mol. The zero-order chi connectivity index (χ0) is 26.3. The molecule has 2 aliphatic rings. The molecule has 3 aromatic rings. The monoisotopic (exact) mass is 515 g/mol. The van der Waals surface area contributed by atoms with Gasteiger partial charge in [-0.05, 0) is 81.1 Å². The molecule has 1 N–H and O–H groups in total. The van der Waals surface area contributed by atoms with Crippen LogP contribution in [-0.2, 0) is 20.7 Å². The summed E-state index contributed by atoms with van der Waals surface area (Å²) in [4.78, 5) is 30.8. The number of ether oxygens (including phenoxy) is 3. The first kappa shape index (κ1) is 25.7. The van der Waals surface area contributed by atoms with Crippen LogP contribution in [0.1, 0.15) is 43.4 Å². The summed E-state index contributed by atoms with van der Waals surface area (Å²) in [5.74, 6) is 1.71. The van der Waals surface area contributed by atoms with Crippen LogP contribution >= 0.6 is 0 Å². The number of aromatic nitrogens is 1. The van der Waals surface area contributed by atoms with Gasteiger partial charge in [0.2, 0.25) is 11.8 Å². The van der Waals surface area contributed by atoms with Gasteiger partial charge in [0.15, 0.2) is 0 Å². The maximum atomic E-state index is 12.5. The molecule has 1 atom stereocenters. The summed E-state index contributed by atoms with van der Waals surface area (Å²) in [6.07, 6.45) is 4.90. The van der Waals surface area contributed by atoms with Crippen molar-refractivity contribution in [2.24, 2.45) is 5.92 Å². The molecule has 1 fully saturated rings. The van der Waals surface area contributed by atoms with Crippen molar-refractivity contribution in [2.75, 3.05) is 31.6 Å². The number of benzene rings is 2. The molecule has 2 aliphatic heterocycles. The minimum absolute atomic E-state index is 0.0660. The molecule has 1 amide bonds. The van der Waals surface area contributed by atoms with Crippen LogP contribution in [0.15, 0.2) is 66.9 Å². The second-order valence-electron chi connectivity index (χ2n) is 9.66. The van der Waals surface area contributed by atoms with Gasteiger partial charge in [0, 0.05) is 6.07 Å². The maximum absolute atomic E-state index is 12.5. The van der Waals surface area contributed by atoms with Crippen molar-refractivity contribution in [1.82, 2.24) is 9.88 Å². The van der Waals surface area contributed by atoms with Gasteiger partial charge >= 0.3 is 5.97 Å². The van der Waals surface area contributed by atoms with Gasteiger partial charge in [-0.1, -0.05) is 30.3 Å². The standard InChI is InChI=1S/C30H33N3O5/c1-2-36-30(35)22-14-16-33(17-15-22)20-28(34)32-24-9-13-29(31-19-24)37-25-10-12-27-23(18-25)8-11-26(38-27)21-6-4-3-5-7-21/h3-7,9-10,12-13,18-19,22,26H,2,8,11,14-17,20H2,1H3,(H,32,34). The quantitative estimate of drug-likeness (QED) is 0.415. The number of amides is 1. The van der Waals surface area contributed by atoms with Crippen molar-refractivity contribution in [3.8, 4) is 17.4 Å². The lowest BCUT2D eigenvalue weighted by Crippen LogP contribution is -2.41. The Morgan fingerprint density at radius 3 is 2.61 bits per heavy atom. The highest BCUT2D eigenvalue weighted by atomic mass is 16.5. The predicted octanol–water partition coefficient (Wildman–Crippen LogP) is 5.15. The Bertz CT molecular complexity index is 1240. The zero-order valence-electron chi connectivity index (χ0n) is 21.6. The van der Waals surface area contributed by atoms with E-state index in [1.54, 1.807) is 18.3 Å². The summed E-state index contributed by atoms with van der Waals surface area (Å²) >= 11 is 0. The SMILES string of the molecule is CCOC(=O)C1CCN(CC(=O)Nc2ccc(Oc3ccc4c(c3)CCC(c3ccccc3)O4)nc2)CC1. The molecule has 0 bridgehead atoms. The Hall–Kier alpha value is -3.91. The molecule has 3 heterocycles. The Morgan fingerprint density at radius 2 is 1.87 bits per heavy atom. The van der Waals surface area contributed by atoms with E-state index in [4.69, 9.17) is 14.2 Å². The topological polar surface area (TPSA) is 90.0 Å². The van der Waals surface area contributed by atoms with Crippen molar-refractivity contribution in [1.29, 1.82) is 0 Å². The minimum atomic E-state index is -0.134. The number of nitrogens with zero attached hydrogens (tertiary/aromatic N) is 2. The number of likely N-dealkylation sites (tertiary alicyclic amines) is 1. The number of carbonyl (C=O) groups excluding carboxylic acids is 2. The molecule has 0 saturated carbocycles. The van der Waals surface area contributed by atoms with Gasteiger partial charge in [-0.2, -0.15) is 0 Å². The van der Waals surface area contributed by atoms with E-state index in [-0.39, 0.29) is 30.4 Å². The fourth-order valence-electron chi connectivity index (χ4n) is 4.96. The van der Waals surface area contributed by atoms with Crippen LogP contribution in [0.3, 0.4) is 0 Å². The van der Waals surface area contributed by atoms with Crippen LogP contribution in [0, 0.1) is 5.92 Å². The maximum Gasteiger partial charge on any atom is 0.309 e. The first-order valence-electron chi connectivity index (χ1n) is 13.2. The summed E-state index contributed by atoms with van der Waals surface area (Å²) in [6.45, 7) is 3.88. The van der Waals surface area contributed by atoms with Crippen molar-refractivity contribution in [2.45, 2.75) is 38.7 Å². The van der Waals surface area contributed by atoms with Gasteiger partial charge in [0.1, 0.15) is 17.6 Å². The fourth-order valence-corrected chi connectivity index (χ4v) is 4.96. The third-order valence-electron chi connectivity index (χ3n) is 6.97. The fraction of sp³-hybridized carbons (Fsp3) is 0.367. The van der Waals surface area contributed by atoms with E-state index in [1.807, 2.05) is 43.3 Å². The highest BCUT2D eigenvalue weighted by Gasteiger charge is 2.27. The van der Waals surface area contributed by atoms with Crippen molar-refractivity contribution < 1.29 is 23.8 Å². The van der Waals surface area contributed by atoms with Gasteiger partial charge in [-0.15, -0.1) is 0 Å². The molecule has 0 spiro atoms. The molecule has 1 unspecified atom stereocenters. The third kappa shape index (κ3) is 6.50. The van der Waals surface area contributed by atoms with Crippen molar-refractivity contribution in [3.05, 3.63) is 78.0 Å². The van der Waals surface area contributed by atoms with Crippen molar-refractivity contribution >= 4 is 17.6 Å². The number of rotatable bonds is 8. The van der Waals surface area contributed by atoms with Crippen LogP contribution in [-0.4, -0.2) is 48.0 Å². The first-order valence-corrected chi connectivity index (χ1v) is 13.2. The number of nitrogens with one attached hydrogen (secondary N) is 1. The molecule has 38 heavy (non-hydrogen) atoms. The molecule has 1 aromatic heterocycles. The summed E-state index contributed by atoms with van der Waals surface area (Å²) in [5.41, 5.74) is 2.91. The number of anilines is 1. The third-order valence-corrected chi connectivity index (χ3v) is 6.97. The lowest BCUT2D eigenvalue weighted by molar-refractivity contribution is -0.149. The summed E-state index contributed by atoms with van der Waals surface area (Å²) < 4.78 is 17.3. The van der Waals surface area contributed by atoms with Gasteiger partial charge in [-0.3, -0.25) is 14.5 Å². The number of aryl methyl sites for hydroxylation is 1. The molecule has 0 radical (unpaired) electrons. The average molecular weight is 516 g/mol. The van der Waals surface area contributed by atoms with Crippen LogP contribution in [0.2, 0.25) is 0 Å². The smallest absolute Gasteiger partial charge is 0.309 e. The second-order valence-corrected chi connectivity index (χ2v) is 9.66. The summed E-state index contributed by atoms with van der Waals surface area (Å²) in [7, 11) is 0. The lowest BCUT2D eigenvalue weighted by Gasteiger charge is -2.30. The highest BCUT2D eigenvalue weighted by molar-refractivity contribution is 5.92. The average Bonchev–Trinajstić information content (AvgIpc) is 2.95. The largest absolute Gasteiger partial charge is 0.485 e. The highest BCUT2D eigenvalue weighted by Crippen LogP contribution is 2.37. The van der Waals surface area contributed by atoms with E-state index < -0.39 is 0 Å². The van der Waals surface area contributed by atoms with E-state index in [1.165, 1.54) is 5.56 Å². The molecule has 1 saturated heterocycles. The van der Waals surface area contributed by atoms with Crippen molar-refractivity contribution in [3.63, 3.8) is 0 Å². The number of carbonyl (C=O) groups is 2.